The van der Waals surface area contributed by atoms with Crippen molar-refractivity contribution in [3.8, 4) is 11.5 Å². The Morgan fingerprint density at radius 1 is 1.12 bits per heavy atom. The van der Waals surface area contributed by atoms with Crippen molar-refractivity contribution in [1.82, 2.24) is 34.8 Å². The van der Waals surface area contributed by atoms with E-state index >= 15 is 0 Å². The van der Waals surface area contributed by atoms with Crippen molar-refractivity contribution in [2.24, 2.45) is 5.16 Å². The van der Waals surface area contributed by atoms with Crippen LogP contribution in [0.2, 0.25) is 0 Å². The number of nitrogens with one attached hydrogen (secondary N) is 1. The van der Waals surface area contributed by atoms with E-state index in [-0.39, 0.29) is 128 Å². The Labute approximate surface area is 366 Å². The number of rotatable bonds is 11. The van der Waals surface area contributed by atoms with Crippen molar-refractivity contribution in [2.45, 2.75) is 30.0 Å². The summed E-state index contributed by atoms with van der Waals surface area (Å²) in [5, 5.41) is 51.1. The van der Waals surface area contributed by atoms with Crippen LogP contribution in [0, 0.1) is 6.92 Å². The van der Waals surface area contributed by atoms with Crippen LogP contribution < -0.4 is 11.1 Å². The molecule has 0 saturated carbocycles. The molecule has 1 saturated heterocycles. The molecule has 3 aromatic heterocycles. The molecule has 4 aromatic rings. The van der Waals surface area contributed by atoms with Gasteiger partial charge in [-0.15, -0.1) is 34.9 Å². The number of anilines is 1. The van der Waals surface area contributed by atoms with Crippen LogP contribution in [0.1, 0.15) is 27.3 Å². The summed E-state index contributed by atoms with van der Waals surface area (Å²) in [6, 6.07) is 2.50. The summed E-state index contributed by atoms with van der Waals surface area (Å²) in [6.07, 6.45) is 1.37. The van der Waals surface area contributed by atoms with Crippen LogP contribution in [0.15, 0.2) is 51.4 Å². The van der Waals surface area contributed by atoms with Gasteiger partial charge in [-0.3, -0.25) is 14.5 Å². The van der Waals surface area contributed by atoms with Crippen molar-refractivity contribution in [2.75, 3.05) is 17.2 Å². The number of carbonyl (C=O) groups excluding carboxylic acids is 2. The topological polar surface area (TPSA) is 268 Å². The van der Waals surface area contributed by atoms with E-state index < -0.39 is 59.0 Å². The molecule has 0 unspecified atom stereocenters. The van der Waals surface area contributed by atoms with Gasteiger partial charge in [0.2, 0.25) is 0 Å². The molecule has 18 nitrogen and oxygen atoms in total. The number of hydrogen-bond acceptors (Lipinski definition) is 16. The van der Waals surface area contributed by atoms with Crippen LogP contribution in [-0.2, 0) is 25.8 Å². The van der Waals surface area contributed by atoms with E-state index in [2.05, 4.69) is 30.5 Å². The van der Waals surface area contributed by atoms with Crippen molar-refractivity contribution < 1.29 is 44.4 Å². The molecule has 1 fully saturated rings. The molecule has 2 aliphatic rings. The average Bonchev–Trinajstić information content (AvgIpc) is 3.70. The van der Waals surface area contributed by atoms with Gasteiger partial charge in [-0.1, -0.05) is 5.16 Å². The zero-order valence-electron chi connectivity index (χ0n) is 27.4. The Hall–Kier alpha value is -2.41. The molecule has 7 N–H and O–H groups in total. The van der Waals surface area contributed by atoms with Crippen LogP contribution in [0.5, 0.6) is 11.5 Å². The van der Waals surface area contributed by atoms with Gasteiger partial charge in [0.1, 0.15) is 40.8 Å². The molecule has 1 aromatic carbocycles. The van der Waals surface area contributed by atoms with Gasteiger partial charge in [0.05, 0.1) is 5.56 Å². The number of carboxylic acids is 2. The second-order valence-corrected chi connectivity index (χ2v) is 13.2. The molecular formula is C27H23N9Na3O9S3. The SMILES string of the molecule is Cc1cc(SCC2=C(C(=O)O)N3C(=O)[C@@H](NC(=O)C(=NOCc4cc(O)c(O)cc4C(=O)O)c4csc(N)n4)[C@H]3SC2)n2ncnc2n1.[Na].[Na].[Na]. The maximum atomic E-state index is 13.4. The Morgan fingerprint density at radius 2 is 1.84 bits per heavy atom. The third-order valence-electron chi connectivity index (χ3n) is 7.06. The fourth-order valence-corrected chi connectivity index (χ4v) is 7.96. The minimum absolute atomic E-state index is 0. The average molecular weight is 783 g/mol. The van der Waals surface area contributed by atoms with E-state index in [1.165, 1.54) is 39.7 Å². The molecule has 251 valence electrons. The number of nitrogens with zero attached hydrogens (tertiary/aromatic N) is 7. The van der Waals surface area contributed by atoms with E-state index in [9.17, 15) is 39.6 Å². The maximum absolute atomic E-state index is 13.4. The quantitative estimate of drug-likeness (QED) is 0.0220. The Balaban J connectivity index is 0.00000234. The monoisotopic (exact) mass is 782 g/mol. The minimum atomic E-state index is -1.41. The van der Waals surface area contributed by atoms with Crippen molar-refractivity contribution in [3.63, 3.8) is 0 Å². The van der Waals surface area contributed by atoms with E-state index in [0.29, 0.717) is 22.1 Å². The number of hydrogen-bond donors (Lipinski definition) is 6. The summed E-state index contributed by atoms with van der Waals surface area (Å²) in [7, 11) is 0. The number of aromatic nitrogens is 5. The zero-order chi connectivity index (χ0) is 34.3. The van der Waals surface area contributed by atoms with Gasteiger partial charge in [0, 0.05) is 117 Å². The predicted molar refractivity (Wildman–Crippen MR) is 188 cm³/mol. The number of thioether (sulfide) groups is 2. The zero-order valence-corrected chi connectivity index (χ0v) is 35.9. The molecule has 0 aliphatic carbocycles. The van der Waals surface area contributed by atoms with E-state index in [0.717, 1.165) is 28.4 Å². The Morgan fingerprint density at radius 3 is 2.51 bits per heavy atom. The third-order valence-corrected chi connectivity index (χ3v) is 10.2. The summed E-state index contributed by atoms with van der Waals surface area (Å²) in [6.45, 7) is 1.27. The molecule has 5 heterocycles. The molecule has 24 heteroatoms. The number of phenolic OH excluding ortho intramolecular Hbond substituents is 2. The fourth-order valence-electron chi connectivity index (χ4n) is 4.87. The number of oxime groups is 1. The number of nitrogens with two attached hydrogens (primary N) is 1. The maximum Gasteiger partial charge on any atom is 0.352 e. The molecule has 0 bridgehead atoms. The van der Waals surface area contributed by atoms with Crippen molar-refractivity contribution in [3.05, 3.63) is 63.7 Å². The minimum Gasteiger partial charge on any atom is -0.504 e. The van der Waals surface area contributed by atoms with E-state index in [4.69, 9.17) is 10.6 Å². The van der Waals surface area contributed by atoms with E-state index in [1.54, 1.807) is 13.0 Å². The molecule has 51 heavy (non-hydrogen) atoms. The van der Waals surface area contributed by atoms with Gasteiger partial charge in [0.15, 0.2) is 22.3 Å². The van der Waals surface area contributed by atoms with Crippen LogP contribution >= 0.6 is 34.9 Å². The number of carbonyl (C=O) groups is 4. The van der Waals surface area contributed by atoms with Gasteiger partial charge in [0.25, 0.3) is 17.6 Å². The largest absolute Gasteiger partial charge is 0.504 e. The number of benzene rings is 1. The number of amides is 2. The first-order chi connectivity index (χ1) is 22.9. The van der Waals surface area contributed by atoms with E-state index in [1.807, 2.05) is 0 Å². The number of phenols is 2. The van der Waals surface area contributed by atoms with Gasteiger partial charge >= 0.3 is 11.9 Å². The number of β-lactam (4-membered cyclic amide) rings is 1. The number of aromatic hydroxyl groups is 2. The summed E-state index contributed by atoms with van der Waals surface area (Å²) >= 11 is 3.60. The standard InChI is InChI=1S/C27H23N9O9S3.3Na/c1-10-2-17(36-27(31-10)29-9-30-36)46-6-12-7-47-23-19(22(40)35(23)20(12)25(43)44)33-21(39)18(14-8-48-26(28)32-14)34-45-5-11-3-15(37)16(38)4-13(11)24(41)42;;;/h2-4,8-9,19,23,37-38H,5-7H2,1H3,(H2,28,32)(H,33,39)(H,41,42)(H,43,44);;;/t19-,23-;;;/m1.../s1. The predicted octanol–water partition coefficient (Wildman–Crippen LogP) is -0.110. The number of thiazole rings is 1. The first-order valence-electron chi connectivity index (χ1n) is 13.6. The number of aliphatic carboxylic acids is 1. The van der Waals surface area contributed by atoms with Crippen LogP contribution in [0.4, 0.5) is 5.13 Å². The molecule has 0 spiro atoms. The third kappa shape index (κ3) is 9.04. The number of nitrogen functional groups attached to an aromatic ring is 1. The van der Waals surface area contributed by atoms with Crippen LogP contribution in [0.3, 0.4) is 0 Å². The Bertz CT molecular complexity index is 2080. The molecule has 2 amide bonds. The number of carboxylic acid groups (broad SMARTS) is 2. The summed E-state index contributed by atoms with van der Waals surface area (Å²) in [5.41, 5.74) is 5.95. The second kappa shape index (κ2) is 18.1. The summed E-state index contributed by atoms with van der Waals surface area (Å²) < 4.78 is 1.54. The number of fused-ring (bicyclic) bond motifs is 2. The molecule has 2 aliphatic heterocycles. The normalized spacial score (nSPS) is 16.6. The first-order valence-corrected chi connectivity index (χ1v) is 16.5. The first kappa shape index (κ1) is 43.0. The van der Waals surface area contributed by atoms with Crippen LogP contribution in [-0.4, -0.2) is 191 Å². The molecular weight excluding hydrogens is 760 g/mol. The van der Waals surface area contributed by atoms with Gasteiger partial charge in [-0.25, -0.2) is 19.6 Å². The Kier molecular flexibility index (Phi) is 15.2. The van der Waals surface area contributed by atoms with Gasteiger partial charge in [-0.2, -0.15) is 14.6 Å². The van der Waals surface area contributed by atoms with Crippen molar-refractivity contribution in [1.29, 1.82) is 0 Å². The molecule has 6 rings (SSSR count). The number of aromatic carboxylic acids is 1. The summed E-state index contributed by atoms with van der Waals surface area (Å²) in [5.74, 6) is -4.59. The molecule has 2 atom stereocenters. The van der Waals surface area contributed by atoms with Gasteiger partial charge < -0.3 is 36.3 Å². The number of aryl methyl sites for hydroxylation is 1. The summed E-state index contributed by atoms with van der Waals surface area (Å²) in [4.78, 5) is 69.6. The fraction of sp³-hybridized carbons (Fsp3) is 0.222. The molecule has 3 radical (unpaired) electrons. The van der Waals surface area contributed by atoms with Crippen LogP contribution in [0.25, 0.3) is 5.78 Å². The second-order valence-electron chi connectivity index (χ2n) is 10.2. The van der Waals surface area contributed by atoms with Gasteiger partial charge in [-0.05, 0) is 30.7 Å². The van der Waals surface area contributed by atoms with Crippen molar-refractivity contribution >= 4 is 164 Å². The smallest absolute Gasteiger partial charge is 0.352 e.